The van der Waals surface area contributed by atoms with Crippen molar-refractivity contribution in [2.45, 2.75) is 103 Å². The van der Waals surface area contributed by atoms with E-state index < -0.39 is 59.1 Å². The van der Waals surface area contributed by atoms with Crippen LogP contribution in [-0.4, -0.2) is 70.6 Å². The molecule has 4 amide bonds. The minimum atomic E-state index is -1.15. The molecule has 0 saturated carbocycles. The van der Waals surface area contributed by atoms with Crippen molar-refractivity contribution in [1.82, 2.24) is 15.5 Å². The van der Waals surface area contributed by atoms with Gasteiger partial charge in [-0.3, -0.25) is 19.3 Å². The fraction of sp³-hybridized carbons (Fsp3) is 0.607. The average Bonchev–Trinajstić information content (AvgIpc) is 3.30. The van der Waals surface area contributed by atoms with Crippen LogP contribution in [0.15, 0.2) is 30.3 Å². The van der Waals surface area contributed by atoms with Crippen LogP contribution in [0.2, 0.25) is 0 Å². The first-order chi connectivity index (χ1) is 18.1. The van der Waals surface area contributed by atoms with E-state index in [0.717, 1.165) is 5.56 Å². The van der Waals surface area contributed by atoms with Gasteiger partial charge in [-0.05, 0) is 66.4 Å². The van der Waals surface area contributed by atoms with E-state index in [1.54, 1.807) is 41.5 Å². The molecule has 1 aromatic carbocycles. The number of ether oxygens (including phenoxy) is 2. The van der Waals surface area contributed by atoms with Gasteiger partial charge in [0.25, 0.3) is 0 Å². The molecule has 11 heteroatoms. The third-order valence-corrected chi connectivity index (χ3v) is 5.79. The largest absolute Gasteiger partial charge is 0.458 e. The van der Waals surface area contributed by atoms with Gasteiger partial charge in [0.2, 0.25) is 17.7 Å². The Balaban J connectivity index is 2.25. The number of primary amides is 1. The van der Waals surface area contributed by atoms with Crippen LogP contribution in [0.5, 0.6) is 0 Å². The molecular weight excluding hydrogens is 504 g/mol. The molecule has 0 spiro atoms. The lowest BCUT2D eigenvalue weighted by atomic mass is 10.0. The van der Waals surface area contributed by atoms with Gasteiger partial charge in [0.1, 0.15) is 29.3 Å². The van der Waals surface area contributed by atoms with Crippen molar-refractivity contribution in [3.63, 3.8) is 0 Å². The van der Waals surface area contributed by atoms with Crippen molar-refractivity contribution in [2.75, 3.05) is 6.54 Å². The predicted octanol–water partition coefficient (Wildman–Crippen LogP) is 2.21. The molecule has 3 atom stereocenters. The smallest absolute Gasteiger partial charge is 0.410 e. The number of carbonyl (C=O) groups excluding carboxylic acids is 5. The molecule has 4 N–H and O–H groups in total. The summed E-state index contributed by atoms with van der Waals surface area (Å²) in [5.74, 6) is -2.47. The first kappa shape index (κ1) is 31.6. The van der Waals surface area contributed by atoms with Crippen molar-refractivity contribution in [3.8, 4) is 0 Å². The van der Waals surface area contributed by atoms with Gasteiger partial charge in [-0.25, -0.2) is 9.59 Å². The predicted molar refractivity (Wildman–Crippen MR) is 144 cm³/mol. The second-order valence-corrected chi connectivity index (χ2v) is 11.7. The molecule has 1 aromatic rings. The number of amides is 4. The van der Waals surface area contributed by atoms with Crippen LogP contribution in [0.3, 0.4) is 0 Å². The molecule has 11 nitrogen and oxygen atoms in total. The highest BCUT2D eigenvalue weighted by atomic mass is 16.6. The summed E-state index contributed by atoms with van der Waals surface area (Å²) < 4.78 is 10.9. The molecule has 0 aromatic heterocycles. The van der Waals surface area contributed by atoms with Gasteiger partial charge in [0.05, 0.1) is 0 Å². The Kier molecular flexibility index (Phi) is 10.9. The molecule has 1 fully saturated rings. The maximum Gasteiger partial charge on any atom is 0.410 e. The first-order valence-corrected chi connectivity index (χ1v) is 13.2. The molecule has 1 aliphatic rings. The highest BCUT2D eigenvalue weighted by Crippen LogP contribution is 2.21. The van der Waals surface area contributed by atoms with Crippen LogP contribution >= 0.6 is 0 Å². The number of carbonyl (C=O) groups is 5. The number of hydrogen-bond acceptors (Lipinski definition) is 7. The summed E-state index contributed by atoms with van der Waals surface area (Å²) in [6.45, 7) is 10.7. The van der Waals surface area contributed by atoms with E-state index in [1.807, 2.05) is 30.3 Å². The summed E-state index contributed by atoms with van der Waals surface area (Å²) in [6.07, 6.45) is 0.365. The van der Waals surface area contributed by atoms with E-state index >= 15 is 0 Å². The number of benzene rings is 1. The number of likely N-dealkylation sites (tertiary alicyclic amines) is 1. The molecule has 0 aliphatic carbocycles. The Hall–Kier alpha value is -3.63. The van der Waals surface area contributed by atoms with E-state index in [9.17, 15) is 24.0 Å². The summed E-state index contributed by atoms with van der Waals surface area (Å²) >= 11 is 0. The quantitative estimate of drug-likeness (QED) is 0.380. The molecule has 39 heavy (non-hydrogen) atoms. The minimum absolute atomic E-state index is 0.0585. The molecule has 0 radical (unpaired) electrons. The third kappa shape index (κ3) is 10.9. The molecule has 2 rings (SSSR count). The van der Waals surface area contributed by atoms with Gasteiger partial charge < -0.3 is 25.8 Å². The van der Waals surface area contributed by atoms with Gasteiger partial charge in [-0.2, -0.15) is 0 Å². The number of esters is 1. The van der Waals surface area contributed by atoms with Gasteiger partial charge >= 0.3 is 12.1 Å². The summed E-state index contributed by atoms with van der Waals surface area (Å²) in [5, 5.41) is 5.40. The van der Waals surface area contributed by atoms with Gasteiger partial charge in [0.15, 0.2) is 0 Å². The Labute approximate surface area is 230 Å². The molecule has 1 aliphatic heterocycles. The third-order valence-electron chi connectivity index (χ3n) is 5.79. The Morgan fingerprint density at radius 3 is 2.13 bits per heavy atom. The number of rotatable bonds is 10. The minimum Gasteiger partial charge on any atom is -0.458 e. The van der Waals surface area contributed by atoms with Crippen LogP contribution in [-0.2, 0) is 35.1 Å². The molecule has 0 unspecified atom stereocenters. The SMILES string of the molecule is CC(C)(C)OC(=O)[C@H](CCC(N)=O)NC(=O)[C@H](Cc1ccccc1)NC(=O)[C@@H]1CCCN1C(=O)OC(C)(C)C. The topological polar surface area (TPSA) is 157 Å². The molecule has 216 valence electrons. The normalized spacial score (nSPS) is 17.1. The van der Waals surface area contributed by atoms with E-state index in [0.29, 0.717) is 19.4 Å². The maximum atomic E-state index is 13.5. The van der Waals surface area contributed by atoms with Gasteiger partial charge in [-0.1, -0.05) is 30.3 Å². The highest BCUT2D eigenvalue weighted by Gasteiger charge is 2.38. The van der Waals surface area contributed by atoms with Crippen LogP contribution in [0.25, 0.3) is 0 Å². The van der Waals surface area contributed by atoms with E-state index in [4.69, 9.17) is 15.2 Å². The van der Waals surface area contributed by atoms with Gasteiger partial charge in [-0.15, -0.1) is 0 Å². The van der Waals surface area contributed by atoms with Crippen molar-refractivity contribution in [1.29, 1.82) is 0 Å². The van der Waals surface area contributed by atoms with Gasteiger partial charge in [0, 0.05) is 19.4 Å². The second kappa shape index (κ2) is 13.4. The summed E-state index contributed by atoms with van der Waals surface area (Å²) in [6, 6.07) is 6.05. The number of nitrogens with two attached hydrogens (primary N) is 1. The number of nitrogens with one attached hydrogen (secondary N) is 2. The van der Waals surface area contributed by atoms with E-state index in [2.05, 4.69) is 10.6 Å². The summed E-state index contributed by atoms with van der Waals surface area (Å²) in [7, 11) is 0. The molecule has 0 bridgehead atoms. The molecule has 1 heterocycles. The van der Waals surface area contributed by atoms with Crippen molar-refractivity contribution >= 4 is 29.8 Å². The van der Waals surface area contributed by atoms with Crippen LogP contribution < -0.4 is 16.4 Å². The summed E-state index contributed by atoms with van der Waals surface area (Å²) in [5.41, 5.74) is 4.50. The lowest BCUT2D eigenvalue weighted by molar-refractivity contribution is -0.159. The molecule has 1 saturated heterocycles. The van der Waals surface area contributed by atoms with E-state index in [-0.39, 0.29) is 19.3 Å². The standard InChI is InChI=1S/C28H42N4O7/c1-27(2,3)38-25(36)19(14-15-22(29)33)30-23(34)20(17-18-11-8-7-9-12-18)31-24(35)21-13-10-16-32(21)26(37)39-28(4,5)6/h7-9,11-12,19-21H,10,13-17H2,1-6H3,(H2,29,33)(H,30,34)(H,31,35)/t19-,20-,21-/m0/s1. The highest BCUT2D eigenvalue weighted by molar-refractivity contribution is 5.93. The van der Waals surface area contributed by atoms with Crippen LogP contribution in [0, 0.1) is 0 Å². The van der Waals surface area contributed by atoms with Crippen LogP contribution in [0.4, 0.5) is 4.79 Å². The second-order valence-electron chi connectivity index (χ2n) is 11.7. The Morgan fingerprint density at radius 1 is 0.949 bits per heavy atom. The first-order valence-electron chi connectivity index (χ1n) is 13.2. The summed E-state index contributed by atoms with van der Waals surface area (Å²) in [4.78, 5) is 65.1. The number of hydrogen-bond donors (Lipinski definition) is 3. The Morgan fingerprint density at radius 2 is 1.56 bits per heavy atom. The van der Waals surface area contributed by atoms with Crippen LogP contribution in [0.1, 0.15) is 72.8 Å². The van der Waals surface area contributed by atoms with Crippen molar-refractivity contribution in [3.05, 3.63) is 35.9 Å². The van der Waals surface area contributed by atoms with Crippen molar-refractivity contribution < 1.29 is 33.4 Å². The van der Waals surface area contributed by atoms with E-state index in [1.165, 1.54) is 4.90 Å². The zero-order chi connectivity index (χ0) is 29.4. The fourth-order valence-corrected chi connectivity index (χ4v) is 4.09. The average molecular weight is 547 g/mol. The fourth-order valence-electron chi connectivity index (χ4n) is 4.09. The zero-order valence-corrected chi connectivity index (χ0v) is 23.7. The lowest BCUT2D eigenvalue weighted by Gasteiger charge is -2.29. The molecular formula is C28H42N4O7. The zero-order valence-electron chi connectivity index (χ0n) is 23.7. The maximum absolute atomic E-state index is 13.5. The lowest BCUT2D eigenvalue weighted by Crippen LogP contribution is -2.56. The Bertz CT molecular complexity index is 1030. The van der Waals surface area contributed by atoms with Crippen molar-refractivity contribution in [2.24, 2.45) is 5.73 Å². The monoisotopic (exact) mass is 546 g/mol. The number of nitrogens with zero attached hydrogens (tertiary/aromatic N) is 1.